The Kier molecular flexibility index (Phi) is 1.63. The highest BCUT2D eigenvalue weighted by Gasteiger charge is 2.11. The lowest BCUT2D eigenvalue weighted by molar-refractivity contribution is 0.638. The monoisotopic (exact) mass is 199 g/mol. The predicted octanol–water partition coefficient (Wildman–Crippen LogP) is 2.87. The second-order valence-electron chi connectivity index (χ2n) is 4.07. The molecule has 15 heavy (non-hydrogen) atoms. The summed E-state index contributed by atoms with van der Waals surface area (Å²) in [5, 5.41) is 0. The molecule has 0 saturated heterocycles. The summed E-state index contributed by atoms with van der Waals surface area (Å²) >= 11 is 0. The Morgan fingerprint density at radius 2 is 1.87 bits per heavy atom. The van der Waals surface area contributed by atoms with Crippen molar-refractivity contribution in [2.24, 2.45) is 0 Å². The molecule has 2 aromatic heterocycles. The second kappa shape index (κ2) is 2.86. The van der Waals surface area contributed by atoms with Crippen molar-refractivity contribution in [1.29, 1.82) is 0 Å². The number of imidazole rings is 2. The van der Waals surface area contributed by atoms with Gasteiger partial charge in [-0.25, -0.2) is 4.98 Å². The molecule has 0 N–H and O–H groups in total. The quantitative estimate of drug-likeness (QED) is 0.590. The van der Waals surface area contributed by atoms with Crippen LogP contribution in [0.2, 0.25) is 0 Å². The fourth-order valence-electron chi connectivity index (χ4n) is 2.19. The van der Waals surface area contributed by atoms with Gasteiger partial charge in [0.05, 0.1) is 17.2 Å². The summed E-state index contributed by atoms with van der Waals surface area (Å²) in [7, 11) is 0. The van der Waals surface area contributed by atoms with Crippen LogP contribution in [0.25, 0.3) is 16.7 Å². The van der Waals surface area contributed by atoms with Gasteiger partial charge in [0.15, 0.2) is 0 Å². The van der Waals surface area contributed by atoms with E-state index in [2.05, 4.69) is 52.1 Å². The molecule has 0 unspecified atom stereocenters. The SMILES string of the molecule is CC(C)n1c2ccccc2n2cncc12. The smallest absolute Gasteiger partial charge is 0.138 e. The minimum Gasteiger partial charge on any atom is -0.322 e. The molecule has 0 fully saturated rings. The van der Waals surface area contributed by atoms with Gasteiger partial charge in [0.25, 0.3) is 0 Å². The molecular formula is C12H13N3. The fraction of sp³-hybridized carbons (Fsp3) is 0.250. The first-order chi connectivity index (χ1) is 7.29. The maximum Gasteiger partial charge on any atom is 0.138 e. The van der Waals surface area contributed by atoms with Crippen LogP contribution in [-0.2, 0) is 0 Å². The molecule has 0 aliphatic carbocycles. The standard InChI is InChI=1S/C12H13N3/c1-9(2)15-11-6-4-3-5-10(11)14-8-13-7-12(14)15/h3-9H,1-2H3. The first-order valence-electron chi connectivity index (χ1n) is 5.20. The van der Waals surface area contributed by atoms with Gasteiger partial charge in [-0.1, -0.05) is 12.1 Å². The predicted molar refractivity (Wildman–Crippen MR) is 61.1 cm³/mol. The highest BCUT2D eigenvalue weighted by molar-refractivity contribution is 5.81. The first kappa shape index (κ1) is 8.53. The molecule has 76 valence electrons. The molecule has 0 saturated carbocycles. The number of benzene rings is 1. The highest BCUT2D eigenvalue weighted by Crippen LogP contribution is 2.24. The summed E-state index contributed by atoms with van der Waals surface area (Å²) in [5.74, 6) is 0. The molecule has 0 amide bonds. The van der Waals surface area contributed by atoms with Crippen molar-refractivity contribution in [2.45, 2.75) is 19.9 Å². The van der Waals surface area contributed by atoms with Gasteiger partial charge < -0.3 is 4.57 Å². The van der Waals surface area contributed by atoms with Crippen LogP contribution in [0.1, 0.15) is 19.9 Å². The molecule has 3 nitrogen and oxygen atoms in total. The fourth-order valence-corrected chi connectivity index (χ4v) is 2.19. The number of para-hydroxylation sites is 2. The van der Waals surface area contributed by atoms with Crippen LogP contribution in [0.3, 0.4) is 0 Å². The first-order valence-corrected chi connectivity index (χ1v) is 5.20. The van der Waals surface area contributed by atoms with E-state index in [4.69, 9.17) is 0 Å². The number of nitrogens with zero attached hydrogens (tertiary/aromatic N) is 3. The highest BCUT2D eigenvalue weighted by atomic mass is 15.2. The van der Waals surface area contributed by atoms with Crippen LogP contribution in [0.5, 0.6) is 0 Å². The van der Waals surface area contributed by atoms with Crippen LogP contribution in [-0.4, -0.2) is 14.0 Å². The Hall–Kier alpha value is -1.77. The van der Waals surface area contributed by atoms with Crippen LogP contribution in [0.4, 0.5) is 0 Å². The summed E-state index contributed by atoms with van der Waals surface area (Å²) in [6, 6.07) is 8.87. The molecule has 0 aliphatic heterocycles. The number of hydrogen-bond donors (Lipinski definition) is 0. The van der Waals surface area contributed by atoms with Crippen LogP contribution >= 0.6 is 0 Å². The normalized spacial score (nSPS) is 11.9. The average molecular weight is 199 g/mol. The zero-order valence-electron chi connectivity index (χ0n) is 8.88. The maximum atomic E-state index is 4.20. The third-order valence-electron chi connectivity index (χ3n) is 2.78. The van der Waals surface area contributed by atoms with Gasteiger partial charge in [-0.15, -0.1) is 0 Å². The third kappa shape index (κ3) is 1.03. The molecule has 0 atom stereocenters. The molecule has 0 radical (unpaired) electrons. The van der Waals surface area contributed by atoms with Crippen molar-refractivity contribution in [3.8, 4) is 0 Å². The molecule has 3 heteroatoms. The third-order valence-corrected chi connectivity index (χ3v) is 2.78. The zero-order chi connectivity index (χ0) is 10.4. The van der Waals surface area contributed by atoms with E-state index >= 15 is 0 Å². The Morgan fingerprint density at radius 1 is 1.13 bits per heavy atom. The number of fused-ring (bicyclic) bond motifs is 3. The molecular weight excluding hydrogens is 186 g/mol. The molecule has 3 aromatic rings. The Balaban J connectivity index is 2.58. The molecule has 2 heterocycles. The average Bonchev–Trinajstić information content (AvgIpc) is 2.75. The number of hydrogen-bond acceptors (Lipinski definition) is 1. The van der Waals surface area contributed by atoms with Gasteiger partial charge in [-0.2, -0.15) is 0 Å². The summed E-state index contributed by atoms with van der Waals surface area (Å²) in [6.45, 7) is 4.39. The summed E-state index contributed by atoms with van der Waals surface area (Å²) in [4.78, 5) is 4.20. The van der Waals surface area contributed by atoms with E-state index in [9.17, 15) is 0 Å². The maximum absolute atomic E-state index is 4.20. The van der Waals surface area contributed by atoms with E-state index in [1.807, 2.05) is 12.5 Å². The van der Waals surface area contributed by atoms with Crippen LogP contribution in [0, 0.1) is 0 Å². The lowest BCUT2D eigenvalue weighted by Gasteiger charge is -2.08. The van der Waals surface area contributed by atoms with E-state index in [1.54, 1.807) is 0 Å². The molecule has 0 aliphatic rings. The Bertz CT molecular complexity index is 616. The van der Waals surface area contributed by atoms with E-state index in [0.717, 1.165) is 5.65 Å². The van der Waals surface area contributed by atoms with Crippen molar-refractivity contribution in [2.75, 3.05) is 0 Å². The van der Waals surface area contributed by atoms with Crippen molar-refractivity contribution in [3.63, 3.8) is 0 Å². The number of rotatable bonds is 1. The molecule has 0 bridgehead atoms. The van der Waals surface area contributed by atoms with E-state index in [-0.39, 0.29) is 0 Å². The minimum atomic E-state index is 0.448. The zero-order valence-corrected chi connectivity index (χ0v) is 8.88. The van der Waals surface area contributed by atoms with E-state index in [1.165, 1.54) is 11.0 Å². The lowest BCUT2D eigenvalue weighted by atomic mass is 10.3. The summed E-state index contributed by atoms with van der Waals surface area (Å²) in [5.41, 5.74) is 3.65. The van der Waals surface area contributed by atoms with E-state index < -0.39 is 0 Å². The largest absolute Gasteiger partial charge is 0.322 e. The van der Waals surface area contributed by atoms with Crippen molar-refractivity contribution in [3.05, 3.63) is 36.8 Å². The van der Waals surface area contributed by atoms with Crippen molar-refractivity contribution in [1.82, 2.24) is 14.0 Å². The topological polar surface area (TPSA) is 22.2 Å². The van der Waals surface area contributed by atoms with Gasteiger partial charge in [0, 0.05) is 6.04 Å². The summed E-state index contributed by atoms with van der Waals surface area (Å²) in [6.07, 6.45) is 3.79. The van der Waals surface area contributed by atoms with Crippen molar-refractivity contribution < 1.29 is 0 Å². The van der Waals surface area contributed by atoms with E-state index in [0.29, 0.717) is 6.04 Å². The molecule has 1 aromatic carbocycles. The van der Waals surface area contributed by atoms with Gasteiger partial charge >= 0.3 is 0 Å². The van der Waals surface area contributed by atoms with Gasteiger partial charge in [-0.3, -0.25) is 4.40 Å². The second-order valence-corrected chi connectivity index (χ2v) is 4.07. The van der Waals surface area contributed by atoms with Gasteiger partial charge in [-0.05, 0) is 26.0 Å². The lowest BCUT2D eigenvalue weighted by Crippen LogP contribution is -1.99. The minimum absolute atomic E-state index is 0.448. The Labute approximate surface area is 88.0 Å². The van der Waals surface area contributed by atoms with Gasteiger partial charge in [0.2, 0.25) is 0 Å². The van der Waals surface area contributed by atoms with Gasteiger partial charge in [0.1, 0.15) is 12.0 Å². The molecule has 0 spiro atoms. The molecule has 3 rings (SSSR count). The van der Waals surface area contributed by atoms with Crippen LogP contribution < -0.4 is 0 Å². The van der Waals surface area contributed by atoms with Crippen LogP contribution in [0.15, 0.2) is 36.8 Å². The summed E-state index contributed by atoms with van der Waals surface area (Å²) < 4.78 is 4.44. The van der Waals surface area contributed by atoms with Crippen molar-refractivity contribution >= 4 is 16.7 Å². The Morgan fingerprint density at radius 3 is 2.60 bits per heavy atom. The number of aromatic nitrogens is 3.